The van der Waals surface area contributed by atoms with Crippen molar-refractivity contribution in [3.63, 3.8) is 0 Å². The molecule has 1 fully saturated rings. The van der Waals surface area contributed by atoms with Gasteiger partial charge in [0, 0.05) is 17.6 Å². The second-order valence-electron chi connectivity index (χ2n) is 4.65. The predicted molar refractivity (Wildman–Crippen MR) is 72.5 cm³/mol. The lowest BCUT2D eigenvalue weighted by atomic mass is 10.2. The molecule has 1 saturated carbocycles. The number of hydrogen-bond acceptors (Lipinski definition) is 3. The Hall–Kier alpha value is -0.760. The summed E-state index contributed by atoms with van der Waals surface area (Å²) in [7, 11) is -3.95. The fourth-order valence-corrected chi connectivity index (χ4v) is 2.98. The highest BCUT2D eigenvalue weighted by Crippen LogP contribution is 2.23. The molecule has 20 heavy (non-hydrogen) atoms. The first-order chi connectivity index (χ1) is 9.38. The maximum atomic E-state index is 12.0. The lowest BCUT2D eigenvalue weighted by Gasteiger charge is -2.09. The maximum Gasteiger partial charge on any atom is 0.251 e. The largest absolute Gasteiger partial charge is 0.310 e. The smallest absolute Gasteiger partial charge is 0.251 e. The molecule has 0 atom stereocenters. The summed E-state index contributed by atoms with van der Waals surface area (Å²) in [6, 6.07) is 4.75. The molecule has 1 aliphatic carbocycles. The third kappa shape index (κ3) is 4.37. The molecule has 1 aromatic carbocycles. The lowest BCUT2D eigenvalue weighted by molar-refractivity contribution is 0.153. The van der Waals surface area contributed by atoms with Gasteiger partial charge in [0.2, 0.25) is 10.0 Å². The third-order valence-electron chi connectivity index (χ3n) is 2.92. The van der Waals surface area contributed by atoms with Crippen molar-refractivity contribution in [2.45, 2.75) is 36.7 Å². The van der Waals surface area contributed by atoms with Gasteiger partial charge < -0.3 is 5.32 Å². The zero-order valence-corrected chi connectivity index (χ0v) is 12.1. The van der Waals surface area contributed by atoms with Crippen LogP contribution in [0.5, 0.6) is 0 Å². The molecule has 0 aromatic heterocycles. The first kappa shape index (κ1) is 15.6. The highest BCUT2D eigenvalue weighted by atomic mass is 35.5. The molecule has 1 aliphatic rings. The summed E-state index contributed by atoms with van der Waals surface area (Å²) in [5.41, 5.74) is 0.784. The third-order valence-corrected chi connectivity index (χ3v) is 4.69. The quantitative estimate of drug-likeness (QED) is 0.808. The van der Waals surface area contributed by atoms with Crippen molar-refractivity contribution in [1.29, 1.82) is 0 Å². The van der Waals surface area contributed by atoms with E-state index in [-0.39, 0.29) is 4.90 Å². The van der Waals surface area contributed by atoms with E-state index in [9.17, 15) is 17.2 Å². The molecule has 4 nitrogen and oxygen atoms in total. The number of alkyl halides is 2. The maximum absolute atomic E-state index is 12.0. The minimum absolute atomic E-state index is 0.113. The Morgan fingerprint density at radius 3 is 2.60 bits per heavy atom. The molecular weight excluding hydrogens is 310 g/mol. The Kier molecular flexibility index (Phi) is 4.95. The molecule has 0 radical (unpaired) electrons. The number of benzene rings is 1. The van der Waals surface area contributed by atoms with E-state index in [2.05, 4.69) is 5.32 Å². The van der Waals surface area contributed by atoms with Gasteiger partial charge in [0.05, 0.1) is 11.4 Å². The minimum atomic E-state index is -3.95. The zero-order valence-electron chi connectivity index (χ0n) is 10.6. The molecule has 0 heterocycles. The number of sulfonamides is 1. The van der Waals surface area contributed by atoms with Gasteiger partial charge in [-0.15, -0.1) is 0 Å². The summed E-state index contributed by atoms with van der Waals surface area (Å²) in [6.45, 7) is -0.348. The zero-order chi connectivity index (χ0) is 14.8. The van der Waals surface area contributed by atoms with Crippen LogP contribution in [0, 0.1) is 0 Å². The molecular formula is C12H15ClF2N2O2S. The monoisotopic (exact) mass is 324 g/mol. The van der Waals surface area contributed by atoms with E-state index in [0.29, 0.717) is 17.6 Å². The van der Waals surface area contributed by atoms with Gasteiger partial charge >= 0.3 is 0 Å². The van der Waals surface area contributed by atoms with Gasteiger partial charge in [0.1, 0.15) is 0 Å². The number of hydrogen-bond donors (Lipinski definition) is 2. The second kappa shape index (κ2) is 6.34. The molecule has 0 aliphatic heterocycles. The summed E-state index contributed by atoms with van der Waals surface area (Å²) < 4.78 is 49.4. The van der Waals surface area contributed by atoms with Crippen molar-refractivity contribution in [2.75, 3.05) is 6.54 Å². The van der Waals surface area contributed by atoms with Crippen molar-refractivity contribution < 1.29 is 17.2 Å². The van der Waals surface area contributed by atoms with Crippen LogP contribution in [0.1, 0.15) is 18.4 Å². The topological polar surface area (TPSA) is 58.2 Å². The average molecular weight is 325 g/mol. The van der Waals surface area contributed by atoms with E-state index in [1.165, 1.54) is 12.1 Å². The normalized spacial score (nSPS) is 15.8. The Morgan fingerprint density at radius 2 is 2.05 bits per heavy atom. The fraction of sp³-hybridized carbons (Fsp3) is 0.500. The molecule has 8 heteroatoms. The number of nitrogens with one attached hydrogen (secondary N) is 2. The summed E-state index contributed by atoms with van der Waals surface area (Å²) in [6.07, 6.45) is -0.453. The second-order valence-corrected chi connectivity index (χ2v) is 6.83. The van der Waals surface area contributed by atoms with Gasteiger partial charge in [-0.05, 0) is 30.5 Å². The fourth-order valence-electron chi connectivity index (χ4n) is 1.64. The van der Waals surface area contributed by atoms with Crippen LogP contribution in [0.25, 0.3) is 0 Å². The molecule has 0 amide bonds. The Balaban J connectivity index is 2.06. The standard InChI is InChI=1S/C12H15ClF2N2O2S/c13-11-5-10(20(18,19)17-7-12(14)15)4-1-8(11)6-16-9-2-3-9/h1,4-5,9,12,16-17H,2-3,6-7H2. The van der Waals surface area contributed by atoms with Gasteiger partial charge in [-0.3, -0.25) is 0 Å². The van der Waals surface area contributed by atoms with Gasteiger partial charge in [-0.25, -0.2) is 21.9 Å². The van der Waals surface area contributed by atoms with Gasteiger partial charge in [-0.2, -0.15) is 0 Å². The van der Waals surface area contributed by atoms with Crippen LogP contribution >= 0.6 is 11.6 Å². The molecule has 112 valence electrons. The molecule has 2 N–H and O–H groups in total. The van der Waals surface area contributed by atoms with Crippen LogP contribution < -0.4 is 10.0 Å². The SMILES string of the molecule is O=S(=O)(NCC(F)F)c1ccc(CNC2CC2)c(Cl)c1. The van der Waals surface area contributed by atoms with Crippen molar-refractivity contribution in [2.24, 2.45) is 0 Å². The van der Waals surface area contributed by atoms with E-state index in [4.69, 9.17) is 11.6 Å². The van der Waals surface area contributed by atoms with Crippen molar-refractivity contribution in [3.8, 4) is 0 Å². The van der Waals surface area contributed by atoms with E-state index in [0.717, 1.165) is 18.4 Å². The van der Waals surface area contributed by atoms with E-state index >= 15 is 0 Å². The summed E-state index contributed by atoms with van der Waals surface area (Å²) >= 11 is 6.02. The van der Waals surface area contributed by atoms with Crippen molar-refractivity contribution >= 4 is 21.6 Å². The van der Waals surface area contributed by atoms with E-state index in [1.54, 1.807) is 6.07 Å². The lowest BCUT2D eigenvalue weighted by Crippen LogP contribution is -2.28. The first-order valence-corrected chi connectivity index (χ1v) is 8.04. The molecule has 0 spiro atoms. The highest BCUT2D eigenvalue weighted by Gasteiger charge is 2.21. The summed E-state index contributed by atoms with van der Waals surface area (Å²) in [5, 5.41) is 3.57. The predicted octanol–water partition coefficient (Wildman–Crippen LogP) is 2.14. The number of halogens is 3. The highest BCUT2D eigenvalue weighted by molar-refractivity contribution is 7.89. The molecule has 0 bridgehead atoms. The van der Waals surface area contributed by atoms with Crippen molar-refractivity contribution in [3.05, 3.63) is 28.8 Å². The summed E-state index contributed by atoms with van der Waals surface area (Å²) in [4.78, 5) is -0.113. The summed E-state index contributed by atoms with van der Waals surface area (Å²) in [5.74, 6) is 0. The van der Waals surface area contributed by atoms with Crippen LogP contribution in [0.2, 0.25) is 5.02 Å². The van der Waals surface area contributed by atoms with Crippen molar-refractivity contribution in [1.82, 2.24) is 10.0 Å². The van der Waals surface area contributed by atoms with Gasteiger partial charge in [-0.1, -0.05) is 17.7 Å². The van der Waals surface area contributed by atoms with E-state index < -0.39 is 23.0 Å². The van der Waals surface area contributed by atoms with Crippen LogP contribution in [0.15, 0.2) is 23.1 Å². The molecule has 2 rings (SSSR count). The van der Waals surface area contributed by atoms with Gasteiger partial charge in [0.25, 0.3) is 6.43 Å². The molecule has 1 aromatic rings. The van der Waals surface area contributed by atoms with Crippen LogP contribution in [0.3, 0.4) is 0 Å². The Bertz CT molecular complexity index is 577. The van der Waals surface area contributed by atoms with Gasteiger partial charge in [0.15, 0.2) is 0 Å². The van der Waals surface area contributed by atoms with E-state index in [1.807, 2.05) is 4.72 Å². The minimum Gasteiger partial charge on any atom is -0.310 e. The van der Waals surface area contributed by atoms with Crippen LogP contribution in [-0.4, -0.2) is 27.4 Å². The average Bonchev–Trinajstić information content (AvgIpc) is 3.19. The Morgan fingerprint density at radius 1 is 1.35 bits per heavy atom. The first-order valence-electron chi connectivity index (χ1n) is 6.18. The van der Waals surface area contributed by atoms with Crippen LogP contribution in [-0.2, 0) is 16.6 Å². The molecule has 0 unspecified atom stereocenters. The Labute approximate surface area is 121 Å². The van der Waals surface area contributed by atoms with Crippen LogP contribution in [0.4, 0.5) is 8.78 Å². The molecule has 0 saturated heterocycles. The number of rotatable bonds is 7.